The molecule has 1 N–H and O–H groups in total. The minimum absolute atomic E-state index is 0.554. The Balaban J connectivity index is 1.70. The van der Waals surface area contributed by atoms with Gasteiger partial charge in [-0.3, -0.25) is 4.90 Å². The monoisotopic (exact) mass is 274 g/mol. The van der Waals surface area contributed by atoms with Gasteiger partial charge in [0.2, 0.25) is 0 Å². The van der Waals surface area contributed by atoms with Crippen LogP contribution >= 0.6 is 0 Å². The number of ether oxygens (including phenoxy) is 2. The van der Waals surface area contributed by atoms with E-state index in [1.165, 1.54) is 17.5 Å². The molecule has 0 spiro atoms. The summed E-state index contributed by atoms with van der Waals surface area (Å²) < 4.78 is 11.5. The van der Waals surface area contributed by atoms with Crippen molar-refractivity contribution in [2.45, 2.75) is 25.3 Å². The molecule has 4 nitrogen and oxygen atoms in total. The van der Waals surface area contributed by atoms with Crippen molar-refractivity contribution >= 4 is 0 Å². The van der Waals surface area contributed by atoms with Crippen LogP contribution in [0.5, 0.6) is 11.5 Å². The van der Waals surface area contributed by atoms with Gasteiger partial charge < -0.3 is 14.8 Å². The van der Waals surface area contributed by atoms with Gasteiger partial charge in [0.05, 0.1) is 0 Å². The second-order valence-corrected chi connectivity index (χ2v) is 6.06. The highest BCUT2D eigenvalue weighted by Gasteiger charge is 2.34. The highest BCUT2D eigenvalue weighted by molar-refractivity contribution is 5.52. The third kappa shape index (κ3) is 1.98. The summed E-state index contributed by atoms with van der Waals surface area (Å²) in [6.07, 6.45) is 1.22. The van der Waals surface area contributed by atoms with Crippen LogP contribution in [0.25, 0.3) is 0 Å². The predicted octanol–water partition coefficient (Wildman–Crippen LogP) is 1.91. The summed E-state index contributed by atoms with van der Waals surface area (Å²) in [6.45, 7) is 8.16. The van der Waals surface area contributed by atoms with E-state index in [2.05, 4.69) is 29.3 Å². The van der Waals surface area contributed by atoms with Gasteiger partial charge in [-0.05, 0) is 35.6 Å². The van der Waals surface area contributed by atoms with Crippen molar-refractivity contribution < 1.29 is 9.47 Å². The van der Waals surface area contributed by atoms with Crippen LogP contribution in [-0.4, -0.2) is 44.3 Å². The van der Waals surface area contributed by atoms with Gasteiger partial charge >= 0.3 is 0 Å². The summed E-state index contributed by atoms with van der Waals surface area (Å²) in [6, 6.07) is 5.01. The Morgan fingerprint density at radius 3 is 2.40 bits per heavy atom. The molecule has 0 amide bonds. The van der Waals surface area contributed by atoms with Gasteiger partial charge in [-0.2, -0.15) is 0 Å². The normalized spacial score (nSPS) is 29.2. The lowest BCUT2D eigenvalue weighted by Gasteiger charge is -2.33. The van der Waals surface area contributed by atoms with Crippen LogP contribution in [-0.2, 0) is 0 Å². The van der Waals surface area contributed by atoms with Crippen LogP contribution in [0.2, 0.25) is 0 Å². The van der Waals surface area contributed by atoms with Gasteiger partial charge in [-0.1, -0.05) is 6.92 Å². The van der Waals surface area contributed by atoms with Crippen LogP contribution in [0.15, 0.2) is 12.1 Å². The lowest BCUT2D eigenvalue weighted by Crippen LogP contribution is -2.44. The van der Waals surface area contributed by atoms with E-state index in [4.69, 9.17) is 9.47 Å². The molecule has 1 aliphatic carbocycles. The van der Waals surface area contributed by atoms with Crippen molar-refractivity contribution in [3.05, 3.63) is 23.3 Å². The smallest absolute Gasteiger partial charge is 0.161 e. The molecule has 2 heterocycles. The van der Waals surface area contributed by atoms with Crippen LogP contribution < -0.4 is 14.8 Å². The maximum Gasteiger partial charge on any atom is 0.161 e. The average molecular weight is 274 g/mol. The minimum atomic E-state index is 0.554. The minimum Gasteiger partial charge on any atom is -0.486 e. The third-order valence-corrected chi connectivity index (χ3v) is 4.81. The molecule has 0 saturated carbocycles. The van der Waals surface area contributed by atoms with E-state index >= 15 is 0 Å². The molecule has 0 bridgehead atoms. The van der Waals surface area contributed by atoms with Crippen LogP contribution in [0.4, 0.5) is 0 Å². The molecule has 2 aliphatic heterocycles. The summed E-state index contributed by atoms with van der Waals surface area (Å²) in [5.41, 5.74) is 2.92. The maximum atomic E-state index is 5.76. The topological polar surface area (TPSA) is 33.7 Å². The van der Waals surface area contributed by atoms with Crippen LogP contribution in [0, 0.1) is 0 Å². The number of benzene rings is 1. The highest BCUT2D eigenvalue weighted by atomic mass is 16.6. The maximum absolute atomic E-state index is 5.76. The van der Waals surface area contributed by atoms with Crippen molar-refractivity contribution in [2.75, 3.05) is 39.4 Å². The van der Waals surface area contributed by atoms with Crippen molar-refractivity contribution in [1.82, 2.24) is 10.2 Å². The first-order valence-electron chi connectivity index (χ1n) is 7.71. The van der Waals surface area contributed by atoms with Gasteiger partial charge in [0, 0.05) is 32.2 Å². The molecule has 1 fully saturated rings. The molecular weight excluding hydrogens is 252 g/mol. The standard InChI is InChI=1S/C16H22N2O2/c1-11-8-14(18-4-2-17-3-5-18)13-10-16-15(9-12(11)13)19-6-7-20-16/h9-11,14,17H,2-8H2,1H3. The van der Waals surface area contributed by atoms with E-state index in [-0.39, 0.29) is 0 Å². The molecule has 2 atom stereocenters. The lowest BCUT2D eigenvalue weighted by molar-refractivity contribution is 0.165. The van der Waals surface area contributed by atoms with E-state index in [1.54, 1.807) is 0 Å². The van der Waals surface area contributed by atoms with Gasteiger partial charge in [0.1, 0.15) is 13.2 Å². The largest absolute Gasteiger partial charge is 0.486 e. The Morgan fingerprint density at radius 2 is 1.70 bits per heavy atom. The fourth-order valence-corrected chi connectivity index (χ4v) is 3.76. The number of hydrogen-bond acceptors (Lipinski definition) is 4. The molecule has 4 heteroatoms. The van der Waals surface area contributed by atoms with Gasteiger partial charge in [-0.25, -0.2) is 0 Å². The molecule has 3 aliphatic rings. The van der Waals surface area contributed by atoms with Crippen molar-refractivity contribution in [3.63, 3.8) is 0 Å². The Morgan fingerprint density at radius 1 is 1.05 bits per heavy atom. The molecule has 2 unspecified atom stereocenters. The van der Waals surface area contributed by atoms with E-state index in [9.17, 15) is 0 Å². The van der Waals surface area contributed by atoms with Crippen LogP contribution in [0.1, 0.15) is 36.4 Å². The zero-order valence-corrected chi connectivity index (χ0v) is 12.0. The zero-order valence-electron chi connectivity index (χ0n) is 12.0. The fourth-order valence-electron chi connectivity index (χ4n) is 3.76. The molecule has 1 aromatic rings. The molecule has 1 aromatic carbocycles. The molecule has 20 heavy (non-hydrogen) atoms. The number of nitrogens with zero attached hydrogens (tertiary/aromatic N) is 1. The Bertz CT molecular complexity index is 511. The fraction of sp³-hybridized carbons (Fsp3) is 0.625. The SMILES string of the molecule is CC1CC(N2CCNCC2)c2cc3c(cc21)OCCO3. The number of fused-ring (bicyclic) bond motifs is 2. The molecule has 1 saturated heterocycles. The zero-order chi connectivity index (χ0) is 13.5. The number of hydrogen-bond donors (Lipinski definition) is 1. The quantitative estimate of drug-likeness (QED) is 0.848. The first kappa shape index (κ1) is 12.5. The van der Waals surface area contributed by atoms with Crippen molar-refractivity contribution in [1.29, 1.82) is 0 Å². The summed E-state index contributed by atoms with van der Waals surface area (Å²) in [5, 5.41) is 3.44. The molecule has 0 radical (unpaired) electrons. The molecule has 108 valence electrons. The first-order chi connectivity index (χ1) is 9.83. The summed E-state index contributed by atoms with van der Waals surface area (Å²) >= 11 is 0. The number of nitrogens with one attached hydrogen (secondary N) is 1. The summed E-state index contributed by atoms with van der Waals surface area (Å²) in [7, 11) is 0. The average Bonchev–Trinajstić information content (AvgIpc) is 2.83. The predicted molar refractivity (Wildman–Crippen MR) is 77.6 cm³/mol. The van der Waals surface area contributed by atoms with E-state index < -0.39 is 0 Å². The summed E-state index contributed by atoms with van der Waals surface area (Å²) in [5.74, 6) is 2.48. The van der Waals surface area contributed by atoms with Crippen molar-refractivity contribution in [3.8, 4) is 11.5 Å². The molecule has 0 aromatic heterocycles. The van der Waals surface area contributed by atoms with Crippen molar-refractivity contribution in [2.24, 2.45) is 0 Å². The second kappa shape index (κ2) is 4.93. The van der Waals surface area contributed by atoms with Crippen LogP contribution in [0.3, 0.4) is 0 Å². The number of piperazine rings is 1. The first-order valence-corrected chi connectivity index (χ1v) is 7.71. The van der Waals surface area contributed by atoms with Gasteiger partial charge in [0.15, 0.2) is 11.5 Å². The number of rotatable bonds is 1. The van der Waals surface area contributed by atoms with E-state index in [0.29, 0.717) is 25.2 Å². The Labute approximate surface area is 120 Å². The second-order valence-electron chi connectivity index (χ2n) is 6.06. The van der Waals surface area contributed by atoms with E-state index in [0.717, 1.165) is 37.7 Å². The Kier molecular flexibility index (Phi) is 3.08. The van der Waals surface area contributed by atoms with E-state index in [1.807, 2.05) is 0 Å². The highest BCUT2D eigenvalue weighted by Crippen LogP contribution is 2.48. The third-order valence-electron chi connectivity index (χ3n) is 4.81. The Hall–Kier alpha value is -1.26. The van der Waals surface area contributed by atoms with Gasteiger partial charge in [0.25, 0.3) is 0 Å². The lowest BCUT2D eigenvalue weighted by atomic mass is 10.0. The summed E-state index contributed by atoms with van der Waals surface area (Å²) in [4.78, 5) is 2.62. The van der Waals surface area contributed by atoms with Gasteiger partial charge in [-0.15, -0.1) is 0 Å². The molecular formula is C16H22N2O2. The molecule has 4 rings (SSSR count).